The predicted molar refractivity (Wildman–Crippen MR) is 120 cm³/mol. The van der Waals surface area contributed by atoms with Crippen molar-refractivity contribution in [2.24, 2.45) is 4.99 Å². The first-order chi connectivity index (χ1) is 13.6. The highest BCUT2D eigenvalue weighted by Gasteiger charge is 2.11. The van der Waals surface area contributed by atoms with E-state index in [4.69, 9.17) is 14.2 Å². The van der Waals surface area contributed by atoms with E-state index in [1.54, 1.807) is 19.2 Å². The predicted octanol–water partition coefficient (Wildman–Crippen LogP) is 3.41. The Bertz CT molecular complexity index is 580. The lowest BCUT2D eigenvalue weighted by Gasteiger charge is -2.13. The zero-order valence-corrected chi connectivity index (χ0v) is 19.5. The van der Waals surface area contributed by atoms with Gasteiger partial charge in [0.2, 0.25) is 0 Å². The Labute approximate surface area is 188 Å². The van der Waals surface area contributed by atoms with E-state index in [2.05, 4.69) is 20.4 Å². The highest BCUT2D eigenvalue weighted by molar-refractivity contribution is 14.0. The van der Waals surface area contributed by atoms with Crippen LogP contribution in [0.2, 0.25) is 0 Å². The number of unbranched alkanes of at least 4 members (excludes halogenated alkanes) is 1. The molecule has 7 nitrogen and oxygen atoms in total. The highest BCUT2D eigenvalue weighted by Crippen LogP contribution is 2.26. The van der Waals surface area contributed by atoms with Crippen LogP contribution >= 0.6 is 24.0 Å². The zero-order valence-electron chi connectivity index (χ0n) is 17.2. The van der Waals surface area contributed by atoms with Gasteiger partial charge >= 0.3 is 6.61 Å². The summed E-state index contributed by atoms with van der Waals surface area (Å²) in [5.41, 5.74) is 0.517. The van der Waals surface area contributed by atoms with Gasteiger partial charge in [-0.25, -0.2) is 4.99 Å². The molecule has 0 fully saturated rings. The minimum Gasteiger partial charge on any atom is -0.497 e. The van der Waals surface area contributed by atoms with Gasteiger partial charge in [0, 0.05) is 32.4 Å². The largest absolute Gasteiger partial charge is 0.497 e. The molecule has 0 aromatic heterocycles. The first-order valence-corrected chi connectivity index (χ1v) is 9.31. The fourth-order valence-corrected chi connectivity index (χ4v) is 2.30. The number of hydrogen-bond donors (Lipinski definition) is 2. The normalized spacial score (nSPS) is 11.2. The molecular formula is C19H32F2IN3O4. The van der Waals surface area contributed by atoms with E-state index < -0.39 is 6.61 Å². The Kier molecular flexibility index (Phi) is 16.6. The van der Waals surface area contributed by atoms with Crippen LogP contribution in [0.15, 0.2) is 23.2 Å². The quantitative estimate of drug-likeness (QED) is 0.166. The molecule has 1 aromatic rings. The third kappa shape index (κ3) is 12.7. The van der Waals surface area contributed by atoms with Gasteiger partial charge in [-0.2, -0.15) is 8.78 Å². The third-order valence-electron chi connectivity index (χ3n) is 3.68. The number of halogens is 3. The molecule has 0 saturated carbocycles. The van der Waals surface area contributed by atoms with Crippen LogP contribution in [0.3, 0.4) is 0 Å². The van der Waals surface area contributed by atoms with Gasteiger partial charge in [0.25, 0.3) is 0 Å². The molecule has 0 unspecified atom stereocenters. The van der Waals surface area contributed by atoms with Crippen LogP contribution in [-0.2, 0) is 16.0 Å². The minimum absolute atomic E-state index is 0. The van der Waals surface area contributed by atoms with Gasteiger partial charge in [0.15, 0.2) is 5.96 Å². The molecule has 0 spiro atoms. The van der Waals surface area contributed by atoms with Crippen molar-refractivity contribution in [1.29, 1.82) is 0 Å². The van der Waals surface area contributed by atoms with Crippen molar-refractivity contribution < 1.29 is 27.7 Å². The van der Waals surface area contributed by atoms with Gasteiger partial charge in [-0.3, -0.25) is 0 Å². The summed E-state index contributed by atoms with van der Waals surface area (Å²) < 4.78 is 45.3. The number of methoxy groups -OCH3 is 2. The molecular weight excluding hydrogens is 499 g/mol. The molecule has 2 N–H and O–H groups in total. The first kappa shape index (κ1) is 27.6. The fraction of sp³-hybridized carbons (Fsp3) is 0.632. The number of benzene rings is 1. The van der Waals surface area contributed by atoms with Crippen molar-refractivity contribution in [1.82, 2.24) is 10.6 Å². The van der Waals surface area contributed by atoms with Crippen molar-refractivity contribution in [2.75, 3.05) is 47.1 Å². The monoisotopic (exact) mass is 531 g/mol. The summed E-state index contributed by atoms with van der Waals surface area (Å²) in [6, 6.07) is 4.67. The van der Waals surface area contributed by atoms with E-state index in [-0.39, 0.29) is 36.3 Å². The molecule has 0 amide bonds. The maximum atomic E-state index is 12.6. The molecule has 1 rings (SSSR count). The van der Waals surface area contributed by atoms with E-state index in [0.717, 1.165) is 19.4 Å². The lowest BCUT2D eigenvalue weighted by Crippen LogP contribution is -2.37. The maximum absolute atomic E-state index is 12.6. The third-order valence-corrected chi connectivity index (χ3v) is 3.68. The fourth-order valence-electron chi connectivity index (χ4n) is 2.30. The Morgan fingerprint density at radius 2 is 1.90 bits per heavy atom. The molecule has 168 valence electrons. The van der Waals surface area contributed by atoms with Crippen LogP contribution in [0.4, 0.5) is 8.78 Å². The molecule has 0 aliphatic heterocycles. The summed E-state index contributed by atoms with van der Waals surface area (Å²) >= 11 is 0. The minimum atomic E-state index is -2.89. The zero-order chi connectivity index (χ0) is 20.6. The summed E-state index contributed by atoms with van der Waals surface area (Å²) in [4.78, 5) is 4.45. The van der Waals surface area contributed by atoms with Crippen molar-refractivity contribution in [3.05, 3.63) is 23.8 Å². The van der Waals surface area contributed by atoms with Crippen LogP contribution in [0.5, 0.6) is 11.5 Å². The van der Waals surface area contributed by atoms with Crippen LogP contribution in [-0.4, -0.2) is 59.7 Å². The van der Waals surface area contributed by atoms with Crippen LogP contribution in [0.1, 0.15) is 25.3 Å². The molecule has 0 bridgehead atoms. The summed E-state index contributed by atoms with van der Waals surface area (Å²) in [6.45, 7) is 2.51. The van der Waals surface area contributed by atoms with Crippen LogP contribution in [0.25, 0.3) is 0 Å². The number of nitrogens with one attached hydrogen (secondary N) is 2. The lowest BCUT2D eigenvalue weighted by atomic mass is 10.2. The van der Waals surface area contributed by atoms with Gasteiger partial charge < -0.3 is 29.6 Å². The Balaban J connectivity index is 0.00000784. The molecule has 0 atom stereocenters. The van der Waals surface area contributed by atoms with Gasteiger partial charge in [0.05, 0.1) is 26.9 Å². The Morgan fingerprint density at radius 3 is 2.55 bits per heavy atom. The number of guanidine groups is 1. The second-order valence-electron chi connectivity index (χ2n) is 5.79. The Morgan fingerprint density at radius 1 is 1.10 bits per heavy atom. The van der Waals surface area contributed by atoms with Gasteiger partial charge in [-0.05, 0) is 38.0 Å². The molecule has 0 saturated heterocycles. The summed E-state index contributed by atoms with van der Waals surface area (Å²) in [6.07, 6.45) is 1.83. The van der Waals surface area contributed by atoms with Crippen molar-refractivity contribution in [3.63, 3.8) is 0 Å². The van der Waals surface area contributed by atoms with E-state index in [9.17, 15) is 8.78 Å². The van der Waals surface area contributed by atoms with E-state index in [1.807, 2.05) is 6.92 Å². The molecule has 0 radical (unpaired) electrons. The topological polar surface area (TPSA) is 73.3 Å². The van der Waals surface area contributed by atoms with Crippen molar-refractivity contribution in [3.8, 4) is 11.5 Å². The second-order valence-corrected chi connectivity index (χ2v) is 5.79. The smallest absolute Gasteiger partial charge is 0.387 e. The number of ether oxygens (including phenoxy) is 4. The summed E-state index contributed by atoms with van der Waals surface area (Å²) in [7, 11) is 3.16. The maximum Gasteiger partial charge on any atom is 0.387 e. The van der Waals surface area contributed by atoms with Gasteiger partial charge in [-0.1, -0.05) is 0 Å². The van der Waals surface area contributed by atoms with Crippen molar-refractivity contribution >= 4 is 29.9 Å². The molecule has 10 heteroatoms. The van der Waals surface area contributed by atoms with Gasteiger partial charge in [-0.15, -0.1) is 24.0 Å². The number of hydrogen-bond acceptors (Lipinski definition) is 5. The first-order valence-electron chi connectivity index (χ1n) is 9.31. The molecule has 29 heavy (non-hydrogen) atoms. The number of alkyl halides is 2. The van der Waals surface area contributed by atoms with E-state index >= 15 is 0 Å². The number of nitrogens with zero attached hydrogens (tertiary/aromatic N) is 1. The molecule has 0 aliphatic rings. The van der Waals surface area contributed by atoms with Crippen LogP contribution in [0, 0.1) is 0 Å². The summed E-state index contributed by atoms with van der Waals surface area (Å²) in [5, 5.41) is 6.35. The number of aliphatic imine (C=N–C) groups is 1. The van der Waals surface area contributed by atoms with Crippen LogP contribution < -0.4 is 20.1 Å². The summed E-state index contributed by atoms with van der Waals surface area (Å²) in [5.74, 6) is 1.25. The molecule has 0 aliphatic carbocycles. The lowest BCUT2D eigenvalue weighted by molar-refractivity contribution is -0.0504. The SMILES string of the molecule is CCNC(=NCc1cc(OC)ccc1OC(F)F)NCCCCOCCOC.I. The molecule has 1 aromatic carbocycles. The van der Waals surface area contributed by atoms with Crippen molar-refractivity contribution in [2.45, 2.75) is 32.9 Å². The highest BCUT2D eigenvalue weighted by atomic mass is 127. The number of rotatable bonds is 14. The standard InChI is InChI=1S/C19H31F2N3O4.HI/c1-4-22-19(23-9-5-6-10-27-12-11-25-2)24-14-15-13-16(26-3)7-8-17(15)28-18(20)21;/h7-8,13,18H,4-6,9-12,14H2,1-3H3,(H2,22,23,24);1H. The van der Waals surface area contributed by atoms with E-state index in [0.29, 0.717) is 43.6 Å². The average molecular weight is 531 g/mol. The Hall–Kier alpha value is -1.40. The van der Waals surface area contributed by atoms with E-state index in [1.165, 1.54) is 13.2 Å². The average Bonchev–Trinajstić information content (AvgIpc) is 2.68. The van der Waals surface area contributed by atoms with Gasteiger partial charge in [0.1, 0.15) is 11.5 Å². The molecule has 0 heterocycles. The second kappa shape index (κ2) is 17.5.